The predicted octanol–water partition coefficient (Wildman–Crippen LogP) is 9.89. The summed E-state index contributed by atoms with van der Waals surface area (Å²) in [6.45, 7) is 20.1. The number of ketones is 1. The van der Waals surface area contributed by atoms with E-state index in [0.717, 1.165) is 75.4 Å². The standard InChI is InChI=1S/C53H75ClN2O8/c1-30(2)41-36(57)28-52(39(58)29-55-46(63)53(21-11-10-12-22-53)56-43(59)31-13-15-32(54)16-14-31)26-25-50(8)33(42(41)52)17-18-38-49(7)23-20-40(48(5,6)37(49)19-24-51(38,50)9)64-45(62)35-27-34(44(60)61)47(35,3)4/h13-16,30,33-35,37-40,58H,10-12,17-29H2,1-9H3,(H,55,63)(H,56,59)(H,60,61)/t33-,34+,35-,37+,38-,39+,40+,49+,50-,51-,52+/m1/s1. The molecular formula is C53H75ClN2O8. The number of fused-ring (bicyclic) bond motifs is 7. The number of allylic oxidation sites excluding steroid dienone is 1. The SMILES string of the molecule is CC(C)C1=C2[C@H]3CC[C@@H]4[C@@]5(C)CC[C@H](OC(=O)[C@H]6C[C@@H](C(=O)O)C6(C)C)C(C)(C)[C@@H]5CC[C@@]4(C)[C@]3(C)CC[C@@]2([C@@H](O)CNC(=O)C2(NC(=O)c3ccc(Cl)cc3)CCCCC2)CC1=O. The van der Waals surface area contributed by atoms with Crippen molar-refractivity contribution < 1.29 is 38.9 Å². The Kier molecular flexibility index (Phi) is 12.0. The summed E-state index contributed by atoms with van der Waals surface area (Å²) in [6.07, 6.45) is 10.2. The largest absolute Gasteiger partial charge is 0.481 e. The van der Waals surface area contributed by atoms with E-state index in [4.69, 9.17) is 16.3 Å². The number of esters is 1. The van der Waals surface area contributed by atoms with E-state index in [2.05, 4.69) is 59.1 Å². The maximum atomic E-state index is 14.3. The third kappa shape index (κ3) is 7.05. The first-order chi connectivity index (χ1) is 29.9. The Morgan fingerprint density at radius 1 is 0.797 bits per heavy atom. The van der Waals surface area contributed by atoms with Crippen LogP contribution in [0.5, 0.6) is 0 Å². The zero-order chi connectivity index (χ0) is 46.6. The molecule has 7 aliphatic carbocycles. The van der Waals surface area contributed by atoms with Crippen molar-refractivity contribution in [1.82, 2.24) is 10.6 Å². The average Bonchev–Trinajstić information content (AvgIpc) is 3.54. The first-order valence-corrected chi connectivity index (χ1v) is 25.0. The van der Waals surface area contributed by atoms with E-state index in [1.165, 1.54) is 0 Å². The van der Waals surface area contributed by atoms with E-state index in [0.29, 0.717) is 48.1 Å². The number of aliphatic carboxylic acids is 1. The lowest BCUT2D eigenvalue weighted by Crippen LogP contribution is -2.66. The van der Waals surface area contributed by atoms with E-state index in [1.54, 1.807) is 24.3 Å². The van der Waals surface area contributed by atoms with Crippen molar-refractivity contribution in [2.24, 2.45) is 68.0 Å². The van der Waals surface area contributed by atoms with E-state index in [1.807, 2.05) is 13.8 Å². The number of aliphatic hydroxyl groups excluding tert-OH is 1. The number of aliphatic hydroxyl groups is 1. The van der Waals surface area contributed by atoms with Gasteiger partial charge in [-0.25, -0.2) is 0 Å². The molecule has 352 valence electrons. The molecule has 1 aromatic carbocycles. The second kappa shape index (κ2) is 16.2. The van der Waals surface area contributed by atoms with Gasteiger partial charge in [0.1, 0.15) is 11.6 Å². The molecular weight excluding hydrogens is 828 g/mol. The van der Waals surface area contributed by atoms with Gasteiger partial charge in [0.05, 0.1) is 17.9 Å². The number of ether oxygens (including phenoxy) is 1. The number of hydrogen-bond donors (Lipinski definition) is 4. The highest BCUT2D eigenvalue weighted by atomic mass is 35.5. The number of halogens is 1. The Morgan fingerprint density at radius 3 is 2.09 bits per heavy atom. The quantitative estimate of drug-likeness (QED) is 0.169. The smallest absolute Gasteiger partial charge is 0.309 e. The normalized spacial score (nSPS) is 38.7. The molecule has 2 amide bonds. The second-order valence-electron chi connectivity index (χ2n) is 24.0. The highest BCUT2D eigenvalue weighted by Gasteiger charge is 2.71. The van der Waals surface area contributed by atoms with Gasteiger partial charge in [-0.05, 0) is 146 Å². The van der Waals surface area contributed by atoms with Crippen LogP contribution >= 0.6 is 11.6 Å². The summed E-state index contributed by atoms with van der Waals surface area (Å²) in [5, 5.41) is 29.0. The Bertz CT molecular complexity index is 2100. The molecule has 0 radical (unpaired) electrons. The molecule has 6 fully saturated rings. The third-order valence-corrected chi connectivity index (χ3v) is 20.5. The van der Waals surface area contributed by atoms with Crippen molar-refractivity contribution in [1.29, 1.82) is 0 Å². The lowest BCUT2D eigenvalue weighted by Gasteiger charge is -2.72. The molecule has 0 aliphatic heterocycles. The van der Waals surface area contributed by atoms with Gasteiger partial charge in [0.15, 0.2) is 5.78 Å². The number of benzene rings is 1. The molecule has 10 nitrogen and oxygen atoms in total. The van der Waals surface area contributed by atoms with Gasteiger partial charge >= 0.3 is 11.9 Å². The summed E-state index contributed by atoms with van der Waals surface area (Å²) >= 11 is 6.09. The van der Waals surface area contributed by atoms with Crippen LogP contribution in [0.25, 0.3) is 0 Å². The van der Waals surface area contributed by atoms with Crippen molar-refractivity contribution in [2.75, 3.05) is 6.54 Å². The zero-order valence-corrected chi connectivity index (χ0v) is 40.7. The average molecular weight is 904 g/mol. The maximum absolute atomic E-state index is 14.3. The summed E-state index contributed by atoms with van der Waals surface area (Å²) in [5.41, 5.74) is -0.455. The first-order valence-electron chi connectivity index (χ1n) is 24.6. The highest BCUT2D eigenvalue weighted by Crippen LogP contribution is 2.77. The van der Waals surface area contributed by atoms with Gasteiger partial charge < -0.3 is 25.6 Å². The van der Waals surface area contributed by atoms with E-state index < -0.39 is 40.3 Å². The Morgan fingerprint density at radius 2 is 1.47 bits per heavy atom. The summed E-state index contributed by atoms with van der Waals surface area (Å²) in [7, 11) is 0. The van der Waals surface area contributed by atoms with Crippen molar-refractivity contribution in [3.05, 3.63) is 46.0 Å². The molecule has 0 aromatic heterocycles. The summed E-state index contributed by atoms with van der Waals surface area (Å²) < 4.78 is 6.43. The number of carbonyl (C=O) groups is 5. The number of rotatable bonds is 10. The predicted molar refractivity (Wildman–Crippen MR) is 246 cm³/mol. The molecule has 11 atom stereocenters. The molecule has 0 bridgehead atoms. The van der Waals surface area contributed by atoms with Gasteiger partial charge in [0.25, 0.3) is 5.91 Å². The molecule has 64 heavy (non-hydrogen) atoms. The van der Waals surface area contributed by atoms with Gasteiger partial charge in [0.2, 0.25) is 5.91 Å². The van der Waals surface area contributed by atoms with Gasteiger partial charge in [-0.3, -0.25) is 24.0 Å². The summed E-state index contributed by atoms with van der Waals surface area (Å²) in [6, 6.07) is 6.65. The van der Waals surface area contributed by atoms with E-state index in [9.17, 15) is 34.2 Å². The molecule has 11 heteroatoms. The van der Waals surface area contributed by atoms with Crippen LogP contribution in [0, 0.1) is 68.0 Å². The van der Waals surface area contributed by atoms with Gasteiger partial charge in [0, 0.05) is 34.4 Å². The minimum atomic E-state index is -1.10. The lowest BCUT2D eigenvalue weighted by molar-refractivity contribution is -0.238. The monoisotopic (exact) mass is 903 g/mol. The lowest BCUT2D eigenvalue weighted by atomic mass is 9.33. The van der Waals surface area contributed by atoms with Crippen LogP contribution in [0.15, 0.2) is 35.4 Å². The number of carboxylic acid groups (broad SMARTS) is 1. The Hall–Kier alpha value is -3.24. The molecule has 7 aliphatic rings. The summed E-state index contributed by atoms with van der Waals surface area (Å²) in [5.74, 6) is -1.66. The minimum absolute atomic E-state index is 0.000184. The number of carboxylic acids is 1. The molecule has 0 unspecified atom stereocenters. The molecule has 0 spiro atoms. The van der Waals surface area contributed by atoms with Crippen LogP contribution < -0.4 is 10.6 Å². The zero-order valence-electron chi connectivity index (χ0n) is 40.0. The van der Waals surface area contributed by atoms with Crippen LogP contribution in [0.4, 0.5) is 0 Å². The number of hydrogen-bond acceptors (Lipinski definition) is 7. The van der Waals surface area contributed by atoms with Crippen LogP contribution in [-0.2, 0) is 23.9 Å². The summed E-state index contributed by atoms with van der Waals surface area (Å²) in [4.78, 5) is 67.7. The van der Waals surface area contributed by atoms with Crippen LogP contribution in [0.2, 0.25) is 5.02 Å². The van der Waals surface area contributed by atoms with Crippen LogP contribution in [0.1, 0.15) is 169 Å². The molecule has 0 saturated heterocycles. The fourth-order valence-electron chi connectivity index (χ4n) is 16.3. The topological polar surface area (TPSA) is 159 Å². The maximum Gasteiger partial charge on any atom is 0.309 e. The number of Topliss-reactive ketones (excluding diaryl/α,β-unsaturated/α-hetero) is 1. The number of amides is 2. The van der Waals surface area contributed by atoms with Crippen molar-refractivity contribution in [3.8, 4) is 0 Å². The van der Waals surface area contributed by atoms with Gasteiger partial charge in [-0.15, -0.1) is 0 Å². The van der Waals surface area contributed by atoms with E-state index >= 15 is 0 Å². The molecule has 4 N–H and O–H groups in total. The molecule has 1 aromatic rings. The van der Waals surface area contributed by atoms with Crippen LogP contribution in [0.3, 0.4) is 0 Å². The van der Waals surface area contributed by atoms with Crippen LogP contribution in [-0.4, -0.2) is 64.0 Å². The molecule has 6 saturated carbocycles. The second-order valence-corrected chi connectivity index (χ2v) is 24.4. The van der Waals surface area contributed by atoms with Crippen molar-refractivity contribution >= 4 is 41.1 Å². The highest BCUT2D eigenvalue weighted by molar-refractivity contribution is 6.30. The third-order valence-electron chi connectivity index (χ3n) is 20.2. The molecule has 0 heterocycles. The van der Waals surface area contributed by atoms with E-state index in [-0.39, 0.29) is 76.1 Å². The fourth-order valence-corrected chi connectivity index (χ4v) is 16.4. The Balaban J connectivity index is 1.02. The number of nitrogens with one attached hydrogen (secondary N) is 2. The van der Waals surface area contributed by atoms with Gasteiger partial charge in [-0.2, -0.15) is 0 Å². The molecule has 8 rings (SSSR count). The van der Waals surface area contributed by atoms with Crippen molar-refractivity contribution in [3.63, 3.8) is 0 Å². The fraction of sp³-hybridized carbons (Fsp3) is 0.755. The Labute approximate surface area is 386 Å². The minimum Gasteiger partial charge on any atom is -0.481 e. The van der Waals surface area contributed by atoms with Gasteiger partial charge in [-0.1, -0.05) is 98.8 Å². The number of carbonyl (C=O) groups excluding carboxylic acids is 4. The van der Waals surface area contributed by atoms with Crippen molar-refractivity contribution in [2.45, 2.75) is 176 Å². The first kappa shape index (κ1) is 47.3.